The quantitative estimate of drug-likeness (QED) is 0.702. The van der Waals surface area contributed by atoms with Crippen molar-refractivity contribution in [2.24, 2.45) is 5.73 Å². The average Bonchev–Trinajstić information content (AvgIpc) is 2.50. The molecule has 0 spiro atoms. The van der Waals surface area contributed by atoms with Crippen molar-refractivity contribution in [3.05, 3.63) is 29.8 Å². The Hall–Kier alpha value is -1.79. The molecular formula is C16H25ClN2O4. The predicted molar refractivity (Wildman–Crippen MR) is 90.5 cm³/mol. The van der Waals surface area contributed by atoms with Crippen LogP contribution in [0.3, 0.4) is 0 Å². The summed E-state index contributed by atoms with van der Waals surface area (Å²) in [7, 11) is 1.30. The van der Waals surface area contributed by atoms with Crippen molar-refractivity contribution in [3.63, 3.8) is 0 Å². The molecule has 130 valence electrons. The highest BCUT2D eigenvalue weighted by Gasteiger charge is 2.26. The Morgan fingerprint density at radius 1 is 1.35 bits per heavy atom. The number of halogens is 1. The summed E-state index contributed by atoms with van der Waals surface area (Å²) in [6.45, 7) is 3.91. The van der Waals surface area contributed by atoms with Gasteiger partial charge in [-0.05, 0) is 31.0 Å². The van der Waals surface area contributed by atoms with E-state index in [4.69, 9.17) is 10.5 Å². The van der Waals surface area contributed by atoms with Gasteiger partial charge in [-0.3, -0.25) is 4.79 Å². The highest BCUT2D eigenvalue weighted by Crippen LogP contribution is 2.14. The number of carbonyl (C=O) groups excluding carboxylic acids is 2. The highest BCUT2D eigenvalue weighted by atomic mass is 35.5. The molecule has 23 heavy (non-hydrogen) atoms. The van der Waals surface area contributed by atoms with E-state index in [0.29, 0.717) is 18.7 Å². The van der Waals surface area contributed by atoms with Gasteiger partial charge in [-0.1, -0.05) is 25.5 Å². The molecule has 0 aliphatic carbocycles. The van der Waals surface area contributed by atoms with Crippen molar-refractivity contribution in [3.8, 4) is 5.75 Å². The maximum absolute atomic E-state index is 12.0. The zero-order valence-corrected chi connectivity index (χ0v) is 14.6. The average molecular weight is 345 g/mol. The van der Waals surface area contributed by atoms with E-state index in [1.54, 1.807) is 25.1 Å². The van der Waals surface area contributed by atoms with Crippen molar-refractivity contribution in [1.82, 2.24) is 5.32 Å². The van der Waals surface area contributed by atoms with Gasteiger partial charge in [0.2, 0.25) is 5.91 Å². The van der Waals surface area contributed by atoms with Crippen LogP contribution < -0.4 is 15.8 Å². The Morgan fingerprint density at radius 3 is 2.65 bits per heavy atom. The first kappa shape index (κ1) is 21.2. The third-order valence-corrected chi connectivity index (χ3v) is 3.22. The van der Waals surface area contributed by atoms with E-state index in [2.05, 4.69) is 10.1 Å². The third kappa shape index (κ3) is 7.34. The molecule has 0 aliphatic heterocycles. The molecule has 6 nitrogen and oxygen atoms in total. The van der Waals surface area contributed by atoms with E-state index in [9.17, 15) is 9.59 Å². The van der Waals surface area contributed by atoms with Crippen LogP contribution in [0, 0.1) is 0 Å². The Balaban J connectivity index is 0.00000484. The highest BCUT2D eigenvalue weighted by molar-refractivity contribution is 5.85. The number of nitrogens with one attached hydrogen (secondary N) is 1. The van der Waals surface area contributed by atoms with Gasteiger partial charge in [0.1, 0.15) is 5.75 Å². The van der Waals surface area contributed by atoms with E-state index < -0.39 is 11.5 Å². The van der Waals surface area contributed by atoms with Crippen LogP contribution in [0.15, 0.2) is 24.3 Å². The molecule has 1 rings (SSSR count). The number of methoxy groups -OCH3 is 1. The van der Waals surface area contributed by atoms with Crippen molar-refractivity contribution < 1.29 is 19.1 Å². The van der Waals surface area contributed by atoms with Crippen LogP contribution in [-0.2, 0) is 20.9 Å². The number of amides is 1. The number of carbonyl (C=O) groups is 2. The molecule has 0 saturated heterocycles. The summed E-state index contributed by atoms with van der Waals surface area (Å²) in [6, 6.07) is 7.15. The van der Waals surface area contributed by atoms with Gasteiger partial charge in [0.05, 0.1) is 12.6 Å². The van der Waals surface area contributed by atoms with Crippen molar-refractivity contribution >= 4 is 24.3 Å². The topological polar surface area (TPSA) is 90.7 Å². The van der Waals surface area contributed by atoms with Gasteiger partial charge in [-0.2, -0.15) is 0 Å². The van der Waals surface area contributed by atoms with Crippen LogP contribution in [0.1, 0.15) is 32.3 Å². The number of hydrogen-bond acceptors (Lipinski definition) is 5. The molecule has 0 aliphatic rings. The van der Waals surface area contributed by atoms with Gasteiger partial charge in [-0.25, -0.2) is 4.79 Å². The minimum atomic E-state index is -0.867. The number of hydrogen-bond donors (Lipinski definition) is 2. The lowest BCUT2D eigenvalue weighted by Crippen LogP contribution is -2.51. The van der Waals surface area contributed by atoms with E-state index in [-0.39, 0.29) is 24.9 Å². The molecular weight excluding hydrogens is 320 g/mol. The minimum absolute atomic E-state index is 0. The molecule has 0 fully saturated rings. The molecule has 1 atom stereocenters. The van der Waals surface area contributed by atoms with E-state index in [1.165, 1.54) is 7.11 Å². The van der Waals surface area contributed by atoms with Crippen LogP contribution in [-0.4, -0.2) is 31.1 Å². The molecule has 3 N–H and O–H groups in total. The second kappa shape index (κ2) is 10.1. The van der Waals surface area contributed by atoms with Crippen molar-refractivity contribution in [2.75, 3.05) is 13.7 Å². The van der Waals surface area contributed by atoms with Gasteiger partial charge >= 0.3 is 5.97 Å². The number of nitrogens with two attached hydrogens (primary N) is 1. The van der Waals surface area contributed by atoms with Crippen LogP contribution in [0.4, 0.5) is 0 Å². The van der Waals surface area contributed by atoms with E-state index in [0.717, 1.165) is 12.0 Å². The molecule has 0 saturated carbocycles. The van der Waals surface area contributed by atoms with Gasteiger partial charge in [0, 0.05) is 6.54 Å². The van der Waals surface area contributed by atoms with Crippen LogP contribution in [0.5, 0.6) is 5.75 Å². The summed E-state index contributed by atoms with van der Waals surface area (Å²) in [6.07, 6.45) is 1.47. The number of esters is 1. The lowest BCUT2D eigenvalue weighted by molar-refractivity contribution is -0.142. The normalized spacial score (nSPS) is 12.5. The zero-order valence-electron chi connectivity index (χ0n) is 13.8. The number of benzene rings is 1. The van der Waals surface area contributed by atoms with Gasteiger partial charge in [-0.15, -0.1) is 12.4 Å². The maximum Gasteiger partial charge on any atom is 0.343 e. The summed E-state index contributed by atoms with van der Waals surface area (Å²) >= 11 is 0. The zero-order chi connectivity index (χ0) is 16.6. The maximum atomic E-state index is 12.0. The SMILES string of the molecule is CCCC(C)(N)C(=O)NCc1cccc(OCC(=O)OC)c1.Cl. The monoisotopic (exact) mass is 344 g/mol. The first-order valence-electron chi connectivity index (χ1n) is 7.24. The fraction of sp³-hybridized carbons (Fsp3) is 0.500. The summed E-state index contributed by atoms with van der Waals surface area (Å²) in [5.41, 5.74) is 5.97. The molecule has 1 amide bonds. The van der Waals surface area contributed by atoms with Crippen LogP contribution in [0.2, 0.25) is 0 Å². The molecule has 0 radical (unpaired) electrons. The third-order valence-electron chi connectivity index (χ3n) is 3.22. The summed E-state index contributed by atoms with van der Waals surface area (Å²) in [5, 5.41) is 2.82. The van der Waals surface area contributed by atoms with E-state index in [1.807, 2.05) is 13.0 Å². The first-order chi connectivity index (χ1) is 10.4. The van der Waals surface area contributed by atoms with Gasteiger partial charge in [0.25, 0.3) is 0 Å². The smallest absolute Gasteiger partial charge is 0.343 e. The van der Waals surface area contributed by atoms with Crippen LogP contribution >= 0.6 is 12.4 Å². The Kier molecular flexibility index (Phi) is 9.29. The van der Waals surface area contributed by atoms with Gasteiger partial charge in [0.15, 0.2) is 6.61 Å². The molecule has 0 aromatic heterocycles. The number of ether oxygens (including phenoxy) is 2. The Labute approximate surface area is 143 Å². The fourth-order valence-electron chi connectivity index (χ4n) is 1.96. The standard InChI is InChI=1S/C16H24N2O4.ClH/c1-4-8-16(2,17)15(20)18-10-12-6-5-7-13(9-12)22-11-14(19)21-3;/h5-7,9H,4,8,10-11,17H2,1-3H3,(H,18,20);1H. The Morgan fingerprint density at radius 2 is 2.04 bits per heavy atom. The summed E-state index contributed by atoms with van der Waals surface area (Å²) < 4.78 is 9.81. The molecule has 1 aromatic rings. The largest absolute Gasteiger partial charge is 0.482 e. The second-order valence-corrected chi connectivity index (χ2v) is 5.36. The fourth-order valence-corrected chi connectivity index (χ4v) is 1.96. The lowest BCUT2D eigenvalue weighted by atomic mass is 9.96. The summed E-state index contributed by atoms with van der Waals surface area (Å²) in [5.74, 6) is -0.0892. The first-order valence-corrected chi connectivity index (χ1v) is 7.24. The van der Waals surface area contributed by atoms with E-state index >= 15 is 0 Å². The lowest BCUT2D eigenvalue weighted by Gasteiger charge is -2.22. The van der Waals surface area contributed by atoms with Crippen molar-refractivity contribution in [2.45, 2.75) is 38.8 Å². The molecule has 1 aromatic carbocycles. The number of rotatable bonds is 8. The molecule has 0 bridgehead atoms. The van der Waals surface area contributed by atoms with Crippen LogP contribution in [0.25, 0.3) is 0 Å². The summed E-state index contributed by atoms with van der Waals surface area (Å²) in [4.78, 5) is 23.1. The molecule has 1 unspecified atom stereocenters. The molecule has 7 heteroatoms. The minimum Gasteiger partial charge on any atom is -0.482 e. The van der Waals surface area contributed by atoms with Crippen molar-refractivity contribution in [1.29, 1.82) is 0 Å². The molecule has 0 heterocycles. The second-order valence-electron chi connectivity index (χ2n) is 5.36. The van der Waals surface area contributed by atoms with Gasteiger partial charge < -0.3 is 20.5 Å². The predicted octanol–water partition coefficient (Wildman–Crippen LogP) is 1.79. The Bertz CT molecular complexity index is 521.